The van der Waals surface area contributed by atoms with E-state index in [1.807, 2.05) is 90.7 Å². The SMILES string of the molecule is CCOc1ccc(Oc2ccc(NC(=O)C3CCN(C(=O)CCc4ccccc4)CC3)cc2)cc1. The molecule has 1 aliphatic heterocycles. The third-order valence-electron chi connectivity index (χ3n) is 6.18. The van der Waals surface area contributed by atoms with Gasteiger partial charge in [-0.1, -0.05) is 30.3 Å². The highest BCUT2D eigenvalue weighted by Crippen LogP contribution is 2.26. The van der Waals surface area contributed by atoms with Crippen molar-refractivity contribution in [1.29, 1.82) is 0 Å². The van der Waals surface area contributed by atoms with Crippen LogP contribution >= 0.6 is 0 Å². The zero-order chi connectivity index (χ0) is 24.5. The molecule has 2 amide bonds. The monoisotopic (exact) mass is 472 g/mol. The van der Waals surface area contributed by atoms with Crippen molar-refractivity contribution >= 4 is 17.5 Å². The summed E-state index contributed by atoms with van der Waals surface area (Å²) in [5, 5.41) is 3.00. The second-order valence-electron chi connectivity index (χ2n) is 8.66. The van der Waals surface area contributed by atoms with E-state index in [1.165, 1.54) is 5.56 Å². The number of hydrogen-bond donors (Lipinski definition) is 1. The first-order valence-electron chi connectivity index (χ1n) is 12.2. The maximum Gasteiger partial charge on any atom is 0.227 e. The summed E-state index contributed by atoms with van der Waals surface area (Å²) in [7, 11) is 0. The molecule has 1 saturated heterocycles. The van der Waals surface area contributed by atoms with Crippen molar-refractivity contribution in [3.63, 3.8) is 0 Å². The fourth-order valence-corrected chi connectivity index (χ4v) is 4.20. The number of ether oxygens (including phenoxy) is 2. The summed E-state index contributed by atoms with van der Waals surface area (Å²) in [6.45, 7) is 3.82. The molecular formula is C29H32N2O4. The molecule has 1 aliphatic rings. The number of aryl methyl sites for hydroxylation is 1. The molecule has 3 aromatic rings. The summed E-state index contributed by atoms with van der Waals surface area (Å²) in [6, 6.07) is 24.9. The summed E-state index contributed by atoms with van der Waals surface area (Å²) < 4.78 is 11.3. The minimum Gasteiger partial charge on any atom is -0.494 e. The Morgan fingerprint density at radius 2 is 1.46 bits per heavy atom. The molecule has 1 heterocycles. The number of nitrogens with one attached hydrogen (secondary N) is 1. The van der Waals surface area contributed by atoms with Crippen LogP contribution in [0.4, 0.5) is 5.69 Å². The van der Waals surface area contributed by atoms with E-state index in [1.54, 1.807) is 0 Å². The van der Waals surface area contributed by atoms with Crippen LogP contribution in [0.1, 0.15) is 31.7 Å². The molecule has 0 unspecified atom stereocenters. The third kappa shape index (κ3) is 7.09. The van der Waals surface area contributed by atoms with Gasteiger partial charge >= 0.3 is 0 Å². The zero-order valence-corrected chi connectivity index (χ0v) is 20.1. The predicted octanol–water partition coefficient (Wildman–Crippen LogP) is 5.69. The molecule has 0 bridgehead atoms. The normalized spacial score (nSPS) is 13.8. The highest BCUT2D eigenvalue weighted by Gasteiger charge is 2.27. The molecule has 182 valence electrons. The Morgan fingerprint density at radius 3 is 2.09 bits per heavy atom. The number of nitrogens with zero attached hydrogens (tertiary/aromatic N) is 1. The van der Waals surface area contributed by atoms with Gasteiger partial charge in [0.1, 0.15) is 17.2 Å². The first-order valence-corrected chi connectivity index (χ1v) is 12.2. The van der Waals surface area contributed by atoms with Crippen molar-refractivity contribution in [1.82, 2.24) is 4.90 Å². The molecule has 0 saturated carbocycles. The van der Waals surface area contributed by atoms with E-state index < -0.39 is 0 Å². The average Bonchev–Trinajstić information content (AvgIpc) is 2.90. The number of likely N-dealkylation sites (tertiary alicyclic amines) is 1. The van der Waals surface area contributed by atoms with E-state index in [0.29, 0.717) is 44.7 Å². The van der Waals surface area contributed by atoms with Gasteiger partial charge in [-0.15, -0.1) is 0 Å². The first-order chi connectivity index (χ1) is 17.1. The van der Waals surface area contributed by atoms with E-state index in [-0.39, 0.29) is 17.7 Å². The Balaban J connectivity index is 1.21. The number of benzene rings is 3. The molecule has 1 fully saturated rings. The van der Waals surface area contributed by atoms with Crippen LogP contribution in [0.25, 0.3) is 0 Å². The number of rotatable bonds is 9. The summed E-state index contributed by atoms with van der Waals surface area (Å²) in [5.74, 6) is 2.29. The minimum absolute atomic E-state index is 0.00145. The smallest absolute Gasteiger partial charge is 0.227 e. The summed E-state index contributed by atoms with van der Waals surface area (Å²) in [5.41, 5.74) is 1.90. The Morgan fingerprint density at radius 1 is 0.857 bits per heavy atom. The number of carbonyl (C=O) groups excluding carboxylic acids is 2. The van der Waals surface area contributed by atoms with Crippen molar-refractivity contribution in [2.45, 2.75) is 32.6 Å². The highest BCUT2D eigenvalue weighted by atomic mass is 16.5. The number of hydrogen-bond acceptors (Lipinski definition) is 4. The lowest BCUT2D eigenvalue weighted by Crippen LogP contribution is -2.41. The molecule has 1 N–H and O–H groups in total. The largest absolute Gasteiger partial charge is 0.494 e. The van der Waals surface area contributed by atoms with Gasteiger partial charge in [-0.25, -0.2) is 0 Å². The predicted molar refractivity (Wildman–Crippen MR) is 137 cm³/mol. The molecular weight excluding hydrogens is 440 g/mol. The van der Waals surface area contributed by atoms with Crippen LogP contribution in [-0.4, -0.2) is 36.4 Å². The molecule has 6 heteroatoms. The van der Waals surface area contributed by atoms with Crippen molar-refractivity contribution in [3.8, 4) is 17.2 Å². The van der Waals surface area contributed by atoms with Crippen molar-refractivity contribution in [2.24, 2.45) is 5.92 Å². The van der Waals surface area contributed by atoms with Gasteiger partial charge in [-0.05, 0) is 80.3 Å². The Labute approximate surface area is 206 Å². The minimum atomic E-state index is -0.0899. The lowest BCUT2D eigenvalue weighted by molar-refractivity contribution is -0.134. The van der Waals surface area contributed by atoms with Gasteiger partial charge in [0.25, 0.3) is 0 Å². The van der Waals surface area contributed by atoms with E-state index >= 15 is 0 Å². The van der Waals surface area contributed by atoms with Crippen LogP contribution < -0.4 is 14.8 Å². The van der Waals surface area contributed by atoms with E-state index in [9.17, 15) is 9.59 Å². The topological polar surface area (TPSA) is 67.9 Å². The fraction of sp³-hybridized carbons (Fsp3) is 0.310. The first kappa shape index (κ1) is 24.3. The van der Waals surface area contributed by atoms with Crippen LogP contribution in [0.2, 0.25) is 0 Å². The quantitative estimate of drug-likeness (QED) is 0.435. The van der Waals surface area contributed by atoms with Gasteiger partial charge in [0.05, 0.1) is 6.61 Å². The van der Waals surface area contributed by atoms with Crippen LogP contribution in [0.15, 0.2) is 78.9 Å². The molecule has 0 aromatic heterocycles. The van der Waals surface area contributed by atoms with Crippen LogP contribution in [0.5, 0.6) is 17.2 Å². The van der Waals surface area contributed by atoms with Gasteiger partial charge in [-0.2, -0.15) is 0 Å². The maximum atomic E-state index is 12.8. The Hall–Kier alpha value is -3.80. The fourth-order valence-electron chi connectivity index (χ4n) is 4.20. The standard InChI is InChI=1S/C29H32N2O4/c1-2-34-25-13-15-27(16-14-25)35-26-11-9-24(10-12-26)30-29(33)23-18-20-31(21-19-23)28(32)17-8-22-6-4-3-5-7-22/h3-7,9-16,23H,2,8,17-21H2,1H3,(H,30,33). The highest BCUT2D eigenvalue weighted by molar-refractivity contribution is 5.92. The average molecular weight is 473 g/mol. The molecule has 0 spiro atoms. The van der Waals surface area contributed by atoms with Crippen LogP contribution in [0.3, 0.4) is 0 Å². The maximum absolute atomic E-state index is 12.8. The Bertz CT molecular complexity index is 1090. The van der Waals surface area contributed by atoms with Gasteiger partial charge in [-0.3, -0.25) is 9.59 Å². The summed E-state index contributed by atoms with van der Waals surface area (Å²) in [6.07, 6.45) is 2.62. The second kappa shape index (κ2) is 12.1. The van der Waals surface area contributed by atoms with Gasteiger partial charge in [0.2, 0.25) is 11.8 Å². The molecule has 35 heavy (non-hydrogen) atoms. The van der Waals surface area contributed by atoms with Gasteiger partial charge in [0.15, 0.2) is 0 Å². The van der Waals surface area contributed by atoms with Crippen LogP contribution in [0, 0.1) is 5.92 Å². The number of piperidine rings is 1. The lowest BCUT2D eigenvalue weighted by atomic mass is 9.95. The third-order valence-corrected chi connectivity index (χ3v) is 6.18. The van der Waals surface area contributed by atoms with Gasteiger partial charge in [0, 0.05) is 31.1 Å². The lowest BCUT2D eigenvalue weighted by Gasteiger charge is -2.31. The number of anilines is 1. The number of carbonyl (C=O) groups is 2. The number of amides is 2. The van der Waals surface area contributed by atoms with Crippen molar-refractivity contribution in [2.75, 3.05) is 25.0 Å². The van der Waals surface area contributed by atoms with E-state index in [0.717, 1.165) is 23.6 Å². The van der Waals surface area contributed by atoms with E-state index in [4.69, 9.17) is 9.47 Å². The van der Waals surface area contributed by atoms with Gasteiger partial charge < -0.3 is 19.7 Å². The summed E-state index contributed by atoms with van der Waals surface area (Å²) in [4.78, 5) is 27.2. The Kier molecular flexibility index (Phi) is 8.39. The van der Waals surface area contributed by atoms with Crippen LogP contribution in [-0.2, 0) is 16.0 Å². The molecule has 6 nitrogen and oxygen atoms in total. The molecule has 0 atom stereocenters. The molecule has 3 aromatic carbocycles. The molecule has 4 rings (SSSR count). The molecule has 0 radical (unpaired) electrons. The van der Waals surface area contributed by atoms with Crippen molar-refractivity contribution < 1.29 is 19.1 Å². The summed E-state index contributed by atoms with van der Waals surface area (Å²) >= 11 is 0. The second-order valence-corrected chi connectivity index (χ2v) is 8.66. The van der Waals surface area contributed by atoms with Crippen molar-refractivity contribution in [3.05, 3.63) is 84.4 Å². The van der Waals surface area contributed by atoms with E-state index in [2.05, 4.69) is 5.32 Å². The molecule has 0 aliphatic carbocycles. The zero-order valence-electron chi connectivity index (χ0n) is 20.1.